The summed E-state index contributed by atoms with van der Waals surface area (Å²) < 4.78 is 5.59. The number of ether oxygens (including phenoxy) is 1. The van der Waals surface area contributed by atoms with Crippen molar-refractivity contribution in [2.24, 2.45) is 0 Å². The largest absolute Gasteiger partial charge is 0.381 e. The maximum absolute atomic E-state index is 5.59. The Morgan fingerprint density at radius 1 is 1.41 bits per heavy atom. The zero-order valence-corrected chi connectivity index (χ0v) is 11.0. The summed E-state index contributed by atoms with van der Waals surface area (Å²) >= 11 is 0. The van der Waals surface area contributed by atoms with Crippen LogP contribution in [0.1, 0.15) is 39.2 Å². The van der Waals surface area contributed by atoms with Crippen molar-refractivity contribution in [1.82, 2.24) is 4.98 Å². The highest BCUT2D eigenvalue weighted by molar-refractivity contribution is 5.44. The van der Waals surface area contributed by atoms with E-state index in [0.29, 0.717) is 6.10 Å². The second-order valence-electron chi connectivity index (χ2n) is 5.73. The van der Waals surface area contributed by atoms with Crippen molar-refractivity contribution in [3.63, 3.8) is 0 Å². The minimum absolute atomic E-state index is 0.147. The van der Waals surface area contributed by atoms with Crippen LogP contribution in [0.2, 0.25) is 0 Å². The molecule has 94 valence electrons. The minimum atomic E-state index is 0.147. The molecule has 0 aliphatic carbocycles. The predicted octanol–water partition coefficient (Wildman–Crippen LogP) is 2.97. The lowest BCUT2D eigenvalue weighted by molar-refractivity contribution is 0.120. The van der Waals surface area contributed by atoms with Gasteiger partial charge in [0.2, 0.25) is 0 Å². The lowest BCUT2D eigenvalue weighted by atomic mass is 9.88. The van der Waals surface area contributed by atoms with Gasteiger partial charge >= 0.3 is 0 Å². The first-order chi connectivity index (χ1) is 8.05. The van der Waals surface area contributed by atoms with E-state index in [1.807, 2.05) is 12.4 Å². The van der Waals surface area contributed by atoms with Gasteiger partial charge in [0.1, 0.15) is 0 Å². The van der Waals surface area contributed by atoms with Gasteiger partial charge < -0.3 is 10.1 Å². The van der Waals surface area contributed by atoms with E-state index in [-0.39, 0.29) is 5.41 Å². The molecule has 1 aliphatic rings. The summed E-state index contributed by atoms with van der Waals surface area (Å²) in [4.78, 5) is 4.29. The second-order valence-corrected chi connectivity index (χ2v) is 5.73. The van der Waals surface area contributed by atoms with Crippen LogP contribution in [-0.2, 0) is 10.2 Å². The van der Waals surface area contributed by atoms with Crippen LogP contribution in [-0.4, -0.2) is 24.2 Å². The Morgan fingerprint density at radius 3 is 2.88 bits per heavy atom. The van der Waals surface area contributed by atoms with Crippen molar-refractivity contribution in [1.29, 1.82) is 0 Å². The third kappa shape index (κ3) is 3.43. The first-order valence-electron chi connectivity index (χ1n) is 6.37. The maximum Gasteiger partial charge on any atom is 0.0748 e. The van der Waals surface area contributed by atoms with E-state index in [9.17, 15) is 0 Å². The van der Waals surface area contributed by atoms with Gasteiger partial charge in [-0.2, -0.15) is 0 Å². The number of aromatic nitrogens is 1. The molecule has 0 radical (unpaired) electrons. The van der Waals surface area contributed by atoms with Crippen LogP contribution in [0.3, 0.4) is 0 Å². The van der Waals surface area contributed by atoms with Gasteiger partial charge in [0.15, 0.2) is 0 Å². The van der Waals surface area contributed by atoms with Gasteiger partial charge in [-0.25, -0.2) is 0 Å². The molecule has 0 saturated carbocycles. The van der Waals surface area contributed by atoms with Gasteiger partial charge in [0.25, 0.3) is 0 Å². The summed E-state index contributed by atoms with van der Waals surface area (Å²) in [7, 11) is 0. The molecule has 1 atom stereocenters. The highest BCUT2D eigenvalue weighted by atomic mass is 16.5. The lowest BCUT2D eigenvalue weighted by Crippen LogP contribution is -2.19. The number of hydrogen-bond donors (Lipinski definition) is 1. The Bertz CT molecular complexity index is 365. The molecule has 17 heavy (non-hydrogen) atoms. The topological polar surface area (TPSA) is 34.2 Å². The second kappa shape index (κ2) is 5.05. The number of hydrogen-bond acceptors (Lipinski definition) is 3. The molecule has 1 N–H and O–H groups in total. The zero-order chi connectivity index (χ0) is 12.3. The molecular weight excluding hydrogens is 212 g/mol. The number of nitrogens with one attached hydrogen (secondary N) is 1. The van der Waals surface area contributed by atoms with E-state index in [0.717, 1.165) is 18.8 Å². The summed E-state index contributed by atoms with van der Waals surface area (Å²) in [5.74, 6) is 0. The zero-order valence-electron chi connectivity index (χ0n) is 11.0. The molecular formula is C14H22N2O. The number of anilines is 1. The predicted molar refractivity (Wildman–Crippen MR) is 70.4 cm³/mol. The number of pyridine rings is 1. The summed E-state index contributed by atoms with van der Waals surface area (Å²) in [5.41, 5.74) is 2.50. The SMILES string of the molecule is CC(C)(C)c1cncc(NCC2CCCO2)c1. The Balaban J connectivity index is 1.96. The molecule has 0 bridgehead atoms. The molecule has 3 nitrogen and oxygen atoms in total. The fourth-order valence-corrected chi connectivity index (χ4v) is 1.98. The third-order valence-electron chi connectivity index (χ3n) is 3.16. The first-order valence-corrected chi connectivity index (χ1v) is 6.37. The van der Waals surface area contributed by atoms with Gasteiger partial charge in [0, 0.05) is 25.5 Å². The van der Waals surface area contributed by atoms with Gasteiger partial charge in [-0.1, -0.05) is 20.8 Å². The molecule has 2 rings (SSSR count). The average Bonchev–Trinajstić information content (AvgIpc) is 2.78. The Kier molecular flexibility index (Phi) is 3.67. The molecule has 1 aromatic heterocycles. The number of nitrogens with zero attached hydrogens (tertiary/aromatic N) is 1. The molecule has 0 amide bonds. The van der Waals surface area contributed by atoms with Crippen molar-refractivity contribution < 1.29 is 4.74 Å². The summed E-state index contributed by atoms with van der Waals surface area (Å²) in [6.45, 7) is 8.40. The number of rotatable bonds is 3. The van der Waals surface area contributed by atoms with Crippen molar-refractivity contribution in [2.75, 3.05) is 18.5 Å². The molecule has 1 aromatic rings. The molecule has 1 unspecified atom stereocenters. The molecule has 1 fully saturated rings. The summed E-state index contributed by atoms with van der Waals surface area (Å²) in [5, 5.41) is 3.41. The van der Waals surface area contributed by atoms with Crippen LogP contribution < -0.4 is 5.32 Å². The van der Waals surface area contributed by atoms with Crippen LogP contribution in [0.5, 0.6) is 0 Å². The van der Waals surface area contributed by atoms with Crippen LogP contribution in [0, 0.1) is 0 Å². The van der Waals surface area contributed by atoms with Gasteiger partial charge in [-0.15, -0.1) is 0 Å². The fraction of sp³-hybridized carbons (Fsp3) is 0.643. The Labute approximate surface area is 104 Å². The smallest absolute Gasteiger partial charge is 0.0748 e. The van der Waals surface area contributed by atoms with Crippen molar-refractivity contribution >= 4 is 5.69 Å². The third-order valence-corrected chi connectivity index (χ3v) is 3.16. The standard InChI is InChI=1S/C14H22N2O/c1-14(2,3)11-7-12(9-15-8-11)16-10-13-5-4-6-17-13/h7-9,13,16H,4-6,10H2,1-3H3. The normalized spacial score (nSPS) is 20.5. The van der Waals surface area contributed by atoms with Crippen molar-refractivity contribution in [3.05, 3.63) is 24.0 Å². The average molecular weight is 234 g/mol. The molecule has 0 aromatic carbocycles. The quantitative estimate of drug-likeness (QED) is 0.873. The Morgan fingerprint density at radius 2 is 2.24 bits per heavy atom. The van der Waals surface area contributed by atoms with Gasteiger partial charge in [0.05, 0.1) is 11.8 Å². The van der Waals surface area contributed by atoms with Crippen LogP contribution in [0.25, 0.3) is 0 Å². The van der Waals surface area contributed by atoms with E-state index in [1.54, 1.807) is 0 Å². The fourth-order valence-electron chi connectivity index (χ4n) is 1.98. The summed E-state index contributed by atoms with van der Waals surface area (Å²) in [6, 6.07) is 2.18. The highest BCUT2D eigenvalue weighted by Crippen LogP contribution is 2.23. The Hall–Kier alpha value is -1.09. The monoisotopic (exact) mass is 234 g/mol. The lowest BCUT2D eigenvalue weighted by Gasteiger charge is -2.20. The minimum Gasteiger partial charge on any atom is -0.381 e. The van der Waals surface area contributed by atoms with Gasteiger partial charge in [-0.3, -0.25) is 4.98 Å². The van der Waals surface area contributed by atoms with Gasteiger partial charge in [-0.05, 0) is 29.9 Å². The highest BCUT2D eigenvalue weighted by Gasteiger charge is 2.16. The van der Waals surface area contributed by atoms with Crippen molar-refractivity contribution in [3.8, 4) is 0 Å². The molecule has 3 heteroatoms. The van der Waals surface area contributed by atoms with Crippen LogP contribution in [0.15, 0.2) is 18.5 Å². The van der Waals surface area contributed by atoms with Crippen molar-refractivity contribution in [2.45, 2.75) is 45.1 Å². The van der Waals surface area contributed by atoms with E-state index in [4.69, 9.17) is 4.74 Å². The van der Waals surface area contributed by atoms with E-state index >= 15 is 0 Å². The molecule has 1 aliphatic heterocycles. The summed E-state index contributed by atoms with van der Waals surface area (Å²) in [6.07, 6.45) is 6.54. The van der Waals surface area contributed by atoms with E-state index in [1.165, 1.54) is 18.4 Å². The van der Waals surface area contributed by atoms with E-state index in [2.05, 4.69) is 37.1 Å². The molecule has 2 heterocycles. The van der Waals surface area contributed by atoms with Crippen LogP contribution in [0.4, 0.5) is 5.69 Å². The molecule has 0 spiro atoms. The molecule has 1 saturated heterocycles. The van der Waals surface area contributed by atoms with Crippen LogP contribution >= 0.6 is 0 Å². The van der Waals surface area contributed by atoms with E-state index < -0.39 is 0 Å². The maximum atomic E-state index is 5.59. The first kappa shape index (κ1) is 12.4.